The van der Waals surface area contributed by atoms with Gasteiger partial charge in [-0.2, -0.15) is 0 Å². The molecule has 0 atom stereocenters. The van der Waals surface area contributed by atoms with E-state index in [0.29, 0.717) is 18.1 Å². The minimum absolute atomic E-state index is 0.275. The van der Waals surface area contributed by atoms with E-state index < -0.39 is 10.0 Å². The highest BCUT2D eigenvalue weighted by atomic mass is 35.5. The normalized spacial score (nSPS) is 12.5. The van der Waals surface area contributed by atoms with Crippen molar-refractivity contribution in [1.82, 2.24) is 19.5 Å². The molecule has 0 saturated heterocycles. The number of aliphatic imine (C=N–C) groups is 1. The van der Waals surface area contributed by atoms with Crippen molar-refractivity contribution in [2.75, 3.05) is 32.9 Å². The van der Waals surface area contributed by atoms with Gasteiger partial charge in [-0.3, -0.25) is 4.99 Å². The molecule has 1 aromatic rings. The maximum Gasteiger partial charge on any atom is 0.208 e. The number of rotatable bonds is 7. The second kappa shape index (κ2) is 8.40. The molecule has 0 bridgehead atoms. The van der Waals surface area contributed by atoms with Crippen LogP contribution in [0.2, 0.25) is 5.02 Å². The number of halogens is 1. The second-order valence-electron chi connectivity index (χ2n) is 5.02. The SMILES string of the molecule is CCNC(=NCCNS(C)(=O)=O)N(C)Cc1cc(Cl)cn1C. The average molecular weight is 350 g/mol. The monoisotopic (exact) mass is 349 g/mol. The smallest absolute Gasteiger partial charge is 0.208 e. The Bertz CT molecular complexity index is 612. The predicted octanol–water partition coefficient (Wildman–Crippen LogP) is 0.625. The summed E-state index contributed by atoms with van der Waals surface area (Å²) in [5, 5.41) is 3.88. The molecule has 2 N–H and O–H groups in total. The van der Waals surface area contributed by atoms with Gasteiger partial charge in [0.15, 0.2) is 5.96 Å². The third-order valence-electron chi connectivity index (χ3n) is 2.91. The fraction of sp³-hybridized carbons (Fsp3) is 0.615. The summed E-state index contributed by atoms with van der Waals surface area (Å²) in [4.78, 5) is 6.38. The minimum atomic E-state index is -3.18. The Hall–Kier alpha value is -1.25. The Balaban J connectivity index is 2.66. The summed E-state index contributed by atoms with van der Waals surface area (Å²) in [6, 6.07) is 1.91. The number of nitrogens with zero attached hydrogens (tertiary/aromatic N) is 3. The first-order valence-electron chi connectivity index (χ1n) is 6.97. The Kier molecular flexibility index (Phi) is 7.18. The average Bonchev–Trinajstić information content (AvgIpc) is 2.70. The van der Waals surface area contributed by atoms with Gasteiger partial charge in [-0.25, -0.2) is 13.1 Å². The van der Waals surface area contributed by atoms with Crippen molar-refractivity contribution in [2.24, 2.45) is 12.0 Å². The van der Waals surface area contributed by atoms with Gasteiger partial charge in [0.1, 0.15) is 0 Å². The number of aromatic nitrogens is 1. The van der Waals surface area contributed by atoms with Crippen molar-refractivity contribution in [2.45, 2.75) is 13.5 Å². The van der Waals surface area contributed by atoms with E-state index in [1.807, 2.05) is 42.7 Å². The van der Waals surface area contributed by atoms with Crippen molar-refractivity contribution in [1.29, 1.82) is 0 Å². The first-order valence-corrected chi connectivity index (χ1v) is 9.24. The van der Waals surface area contributed by atoms with Crippen LogP contribution in [0, 0.1) is 0 Å². The Morgan fingerprint density at radius 3 is 2.68 bits per heavy atom. The molecule has 0 aromatic carbocycles. The maximum atomic E-state index is 11.0. The molecule has 126 valence electrons. The van der Waals surface area contributed by atoms with Crippen molar-refractivity contribution in [3.8, 4) is 0 Å². The summed E-state index contributed by atoms with van der Waals surface area (Å²) in [5.74, 6) is 0.718. The van der Waals surface area contributed by atoms with E-state index in [0.717, 1.165) is 24.5 Å². The molecule has 9 heteroatoms. The van der Waals surface area contributed by atoms with Crippen LogP contribution < -0.4 is 10.0 Å². The van der Waals surface area contributed by atoms with E-state index in [1.165, 1.54) is 0 Å². The molecule has 0 radical (unpaired) electrons. The van der Waals surface area contributed by atoms with Crippen LogP contribution in [0.4, 0.5) is 0 Å². The highest BCUT2D eigenvalue weighted by Crippen LogP contribution is 2.14. The fourth-order valence-corrected chi connectivity index (χ4v) is 2.64. The first kappa shape index (κ1) is 18.8. The van der Waals surface area contributed by atoms with E-state index >= 15 is 0 Å². The van der Waals surface area contributed by atoms with E-state index in [-0.39, 0.29) is 6.54 Å². The maximum absolute atomic E-state index is 11.0. The highest BCUT2D eigenvalue weighted by molar-refractivity contribution is 7.88. The molecule has 1 heterocycles. The third kappa shape index (κ3) is 6.67. The van der Waals surface area contributed by atoms with Crippen LogP contribution in [0.5, 0.6) is 0 Å². The lowest BCUT2D eigenvalue weighted by atomic mass is 10.4. The van der Waals surface area contributed by atoms with Crippen LogP contribution in [0.25, 0.3) is 0 Å². The summed E-state index contributed by atoms with van der Waals surface area (Å²) in [5.41, 5.74) is 1.06. The van der Waals surface area contributed by atoms with Crippen molar-refractivity contribution in [3.63, 3.8) is 0 Å². The molecule has 1 aromatic heterocycles. The number of aryl methyl sites for hydroxylation is 1. The summed E-state index contributed by atoms with van der Waals surface area (Å²) >= 11 is 5.98. The fourth-order valence-electron chi connectivity index (χ4n) is 1.90. The predicted molar refractivity (Wildman–Crippen MR) is 90.7 cm³/mol. The van der Waals surface area contributed by atoms with Gasteiger partial charge in [-0.1, -0.05) is 11.6 Å². The molecular formula is C13H24ClN5O2S. The lowest BCUT2D eigenvalue weighted by molar-refractivity contribution is 0.462. The lowest BCUT2D eigenvalue weighted by Crippen LogP contribution is -2.39. The summed E-state index contributed by atoms with van der Waals surface area (Å²) in [7, 11) is 0.685. The van der Waals surface area contributed by atoms with Crippen LogP contribution in [0.15, 0.2) is 17.3 Å². The zero-order valence-corrected chi connectivity index (χ0v) is 15.0. The van der Waals surface area contributed by atoms with E-state index in [4.69, 9.17) is 11.6 Å². The van der Waals surface area contributed by atoms with Gasteiger partial charge >= 0.3 is 0 Å². The molecule has 0 fully saturated rings. The Labute approximate surface area is 137 Å². The van der Waals surface area contributed by atoms with Crippen molar-refractivity contribution >= 4 is 27.6 Å². The van der Waals surface area contributed by atoms with Crippen LogP contribution >= 0.6 is 11.6 Å². The molecule has 0 saturated carbocycles. The number of nitrogens with one attached hydrogen (secondary N) is 2. The van der Waals surface area contributed by atoms with Gasteiger partial charge in [0.25, 0.3) is 0 Å². The van der Waals surface area contributed by atoms with Gasteiger partial charge in [0.2, 0.25) is 10.0 Å². The van der Waals surface area contributed by atoms with Gasteiger partial charge in [0, 0.05) is 39.1 Å². The van der Waals surface area contributed by atoms with E-state index in [9.17, 15) is 8.42 Å². The van der Waals surface area contributed by atoms with Crippen molar-refractivity contribution in [3.05, 3.63) is 23.0 Å². The number of sulfonamides is 1. The number of hydrogen-bond donors (Lipinski definition) is 2. The molecule has 0 unspecified atom stereocenters. The molecule has 7 nitrogen and oxygen atoms in total. The van der Waals surface area contributed by atoms with E-state index in [2.05, 4.69) is 15.0 Å². The van der Waals surface area contributed by atoms with Crippen LogP contribution in [0.1, 0.15) is 12.6 Å². The Morgan fingerprint density at radius 2 is 2.18 bits per heavy atom. The quantitative estimate of drug-likeness (QED) is 0.430. The summed E-state index contributed by atoms with van der Waals surface area (Å²) in [6.45, 7) is 4.01. The second-order valence-corrected chi connectivity index (χ2v) is 7.29. The third-order valence-corrected chi connectivity index (χ3v) is 3.84. The lowest BCUT2D eigenvalue weighted by Gasteiger charge is -2.22. The van der Waals surface area contributed by atoms with Gasteiger partial charge in [-0.05, 0) is 13.0 Å². The van der Waals surface area contributed by atoms with Crippen molar-refractivity contribution < 1.29 is 8.42 Å². The van der Waals surface area contributed by atoms with Crippen LogP contribution in [-0.4, -0.2) is 56.8 Å². The molecule has 22 heavy (non-hydrogen) atoms. The first-order chi connectivity index (χ1) is 10.2. The van der Waals surface area contributed by atoms with Gasteiger partial charge in [0.05, 0.1) is 24.4 Å². The molecule has 0 spiro atoms. The van der Waals surface area contributed by atoms with E-state index in [1.54, 1.807) is 0 Å². The zero-order chi connectivity index (χ0) is 16.8. The van der Waals surface area contributed by atoms with Gasteiger partial charge < -0.3 is 14.8 Å². The largest absolute Gasteiger partial charge is 0.357 e. The number of guanidine groups is 1. The molecule has 1 rings (SSSR count). The highest BCUT2D eigenvalue weighted by Gasteiger charge is 2.09. The number of hydrogen-bond acceptors (Lipinski definition) is 3. The summed E-state index contributed by atoms with van der Waals surface area (Å²) < 4.78 is 26.4. The Morgan fingerprint density at radius 1 is 1.50 bits per heavy atom. The standard InChI is InChI=1S/C13H24ClN5O2S/c1-5-15-13(16-6-7-17-22(4,20)21)19(3)10-12-8-11(14)9-18(12)2/h8-9,17H,5-7,10H2,1-4H3,(H,15,16). The van der Waals surface area contributed by atoms with Gasteiger partial charge in [-0.15, -0.1) is 0 Å². The zero-order valence-electron chi connectivity index (χ0n) is 13.4. The molecule has 0 amide bonds. The van der Waals surface area contributed by atoms with Crippen LogP contribution in [0.3, 0.4) is 0 Å². The molecule has 0 aliphatic carbocycles. The molecule has 0 aliphatic heterocycles. The molecular weight excluding hydrogens is 326 g/mol. The topological polar surface area (TPSA) is 78.7 Å². The van der Waals surface area contributed by atoms with Crippen LogP contribution in [-0.2, 0) is 23.6 Å². The summed E-state index contributed by atoms with van der Waals surface area (Å²) in [6.07, 6.45) is 2.98. The minimum Gasteiger partial charge on any atom is -0.357 e. The molecule has 0 aliphatic rings.